The molecule has 2 aromatic rings. The minimum absolute atomic E-state index is 0.0150. The van der Waals surface area contributed by atoms with Crippen LogP contribution in [-0.2, 0) is 6.42 Å². The summed E-state index contributed by atoms with van der Waals surface area (Å²) in [6.45, 7) is 1.68. The van der Waals surface area contributed by atoms with Crippen LogP contribution in [0.4, 0.5) is 11.4 Å². The number of nitro benzene ring substituents is 2. The third kappa shape index (κ3) is 3.38. The minimum Gasteiger partial charge on any atom is -0.502 e. The predicted molar refractivity (Wildman–Crippen MR) is 87.0 cm³/mol. The molecule has 0 amide bonds. The van der Waals surface area contributed by atoms with Gasteiger partial charge >= 0.3 is 11.4 Å². The number of aryl methyl sites for hydroxylation is 1. The molecule has 0 aromatic heterocycles. The molecule has 2 aromatic carbocycles. The Morgan fingerprint density at radius 2 is 1.71 bits per heavy atom. The zero-order chi connectivity index (χ0) is 18.0. The Hall–Kier alpha value is -2.87. The van der Waals surface area contributed by atoms with Gasteiger partial charge in [-0.15, -0.1) is 0 Å². The van der Waals surface area contributed by atoms with Gasteiger partial charge < -0.3 is 9.84 Å². The zero-order valence-corrected chi connectivity index (χ0v) is 13.5. The van der Waals surface area contributed by atoms with Crippen LogP contribution < -0.4 is 4.74 Å². The second kappa shape index (κ2) is 6.71. The molecule has 0 radical (unpaired) electrons. The van der Waals surface area contributed by atoms with Crippen LogP contribution in [0, 0.1) is 27.2 Å². The first kappa shape index (κ1) is 17.5. The smallest absolute Gasteiger partial charge is 0.312 e. The van der Waals surface area contributed by atoms with Gasteiger partial charge in [0.05, 0.1) is 17.0 Å². The van der Waals surface area contributed by atoms with Gasteiger partial charge in [0, 0.05) is 34.7 Å². The fourth-order valence-corrected chi connectivity index (χ4v) is 2.68. The van der Waals surface area contributed by atoms with Crippen LogP contribution >= 0.6 is 11.6 Å². The van der Waals surface area contributed by atoms with Gasteiger partial charge in [-0.1, -0.05) is 17.7 Å². The lowest BCUT2D eigenvalue weighted by Crippen LogP contribution is -2.01. The van der Waals surface area contributed by atoms with Crippen molar-refractivity contribution in [3.63, 3.8) is 0 Å². The Balaban J connectivity index is 2.60. The monoisotopic (exact) mass is 352 g/mol. The lowest BCUT2D eigenvalue weighted by Gasteiger charge is -2.12. The average Bonchev–Trinajstić information content (AvgIpc) is 2.49. The number of hydrogen-bond donors (Lipinski definition) is 1. The van der Waals surface area contributed by atoms with Crippen molar-refractivity contribution in [1.82, 2.24) is 0 Å². The summed E-state index contributed by atoms with van der Waals surface area (Å²) < 4.78 is 5.12. The minimum atomic E-state index is -0.749. The number of nitrogens with zero attached hydrogens (tertiary/aromatic N) is 2. The van der Waals surface area contributed by atoms with E-state index in [-0.39, 0.29) is 28.4 Å². The number of rotatable bonds is 5. The normalized spacial score (nSPS) is 10.5. The summed E-state index contributed by atoms with van der Waals surface area (Å²) in [7, 11) is 1.29. The summed E-state index contributed by atoms with van der Waals surface area (Å²) in [5.74, 6) is -0.497. The second-order valence-corrected chi connectivity index (χ2v) is 5.54. The largest absolute Gasteiger partial charge is 0.502 e. The fraction of sp³-hybridized carbons (Fsp3) is 0.200. The molecule has 0 saturated carbocycles. The van der Waals surface area contributed by atoms with Crippen molar-refractivity contribution >= 4 is 23.0 Å². The highest BCUT2D eigenvalue weighted by Crippen LogP contribution is 2.38. The first-order chi connectivity index (χ1) is 11.2. The predicted octanol–water partition coefficient (Wildman–Crippen LogP) is 3.77. The van der Waals surface area contributed by atoms with Crippen molar-refractivity contribution in [1.29, 1.82) is 0 Å². The quantitative estimate of drug-likeness (QED) is 0.646. The molecule has 0 heterocycles. The molecule has 0 aliphatic heterocycles. The van der Waals surface area contributed by atoms with Gasteiger partial charge in [0.15, 0.2) is 11.5 Å². The van der Waals surface area contributed by atoms with Crippen molar-refractivity contribution in [3.8, 4) is 11.5 Å². The summed E-state index contributed by atoms with van der Waals surface area (Å²) in [4.78, 5) is 20.8. The van der Waals surface area contributed by atoms with Crippen LogP contribution in [0.15, 0.2) is 24.3 Å². The van der Waals surface area contributed by atoms with E-state index in [0.717, 1.165) is 6.07 Å². The topological polar surface area (TPSA) is 116 Å². The van der Waals surface area contributed by atoms with Gasteiger partial charge in [0.1, 0.15) is 0 Å². The van der Waals surface area contributed by atoms with Gasteiger partial charge in [-0.25, -0.2) is 0 Å². The molecule has 0 atom stereocenters. The third-order valence-corrected chi connectivity index (χ3v) is 3.62. The van der Waals surface area contributed by atoms with Gasteiger partial charge in [-0.2, -0.15) is 0 Å². The molecule has 0 bridgehead atoms. The third-order valence-electron chi connectivity index (χ3n) is 3.40. The Morgan fingerprint density at radius 1 is 1.08 bits per heavy atom. The molecule has 8 nitrogen and oxygen atoms in total. The van der Waals surface area contributed by atoms with Gasteiger partial charge in [0.2, 0.25) is 0 Å². The van der Waals surface area contributed by atoms with E-state index in [2.05, 4.69) is 0 Å². The highest BCUT2D eigenvalue weighted by Gasteiger charge is 2.23. The molecule has 0 fully saturated rings. The van der Waals surface area contributed by atoms with E-state index >= 15 is 0 Å². The van der Waals surface area contributed by atoms with Crippen LogP contribution in [0.2, 0.25) is 5.02 Å². The number of benzene rings is 2. The maximum atomic E-state index is 11.2. The van der Waals surface area contributed by atoms with Gasteiger partial charge in [0.25, 0.3) is 0 Å². The molecule has 0 spiro atoms. The molecule has 24 heavy (non-hydrogen) atoms. The molecular formula is C15H13ClN2O6. The van der Waals surface area contributed by atoms with Crippen LogP contribution in [0.25, 0.3) is 0 Å². The summed E-state index contributed by atoms with van der Waals surface area (Å²) in [6.07, 6.45) is -0.0150. The Morgan fingerprint density at radius 3 is 2.25 bits per heavy atom. The number of halogens is 1. The first-order valence-corrected chi connectivity index (χ1v) is 7.10. The number of phenolic OH excluding ortho intramolecular Hbond substituents is 1. The second-order valence-electron chi connectivity index (χ2n) is 5.10. The van der Waals surface area contributed by atoms with Crippen molar-refractivity contribution in [3.05, 3.63) is 66.2 Å². The summed E-state index contributed by atoms with van der Waals surface area (Å²) >= 11 is 5.86. The summed E-state index contributed by atoms with van der Waals surface area (Å²) in [6, 6.07) is 5.43. The van der Waals surface area contributed by atoms with Crippen molar-refractivity contribution in [2.24, 2.45) is 0 Å². The van der Waals surface area contributed by atoms with E-state index in [0.29, 0.717) is 11.1 Å². The number of phenols is 1. The summed E-state index contributed by atoms with van der Waals surface area (Å²) in [5, 5.41) is 32.3. The number of aromatic hydroxyl groups is 1. The standard InChI is InChI=1S/C15H13ClN2O6/c1-8-3-10(15(24-2)13(4-8)18(22)23)5-9-6-11(16)7-12(14(9)19)17(20)21/h3-4,6-7,19H,5H2,1-2H3. The first-order valence-electron chi connectivity index (χ1n) is 6.72. The Kier molecular flexibility index (Phi) is 4.89. The van der Waals surface area contributed by atoms with E-state index in [1.807, 2.05) is 0 Å². The molecule has 0 aliphatic carbocycles. The number of hydrogen-bond acceptors (Lipinski definition) is 6. The maximum Gasteiger partial charge on any atom is 0.312 e. The molecule has 126 valence electrons. The van der Waals surface area contributed by atoms with E-state index in [1.165, 1.54) is 19.2 Å². The van der Waals surface area contributed by atoms with Crippen molar-refractivity contribution in [2.75, 3.05) is 7.11 Å². The van der Waals surface area contributed by atoms with E-state index in [9.17, 15) is 25.3 Å². The Labute approximate surface area is 141 Å². The highest BCUT2D eigenvalue weighted by molar-refractivity contribution is 6.31. The molecule has 0 saturated heterocycles. The highest BCUT2D eigenvalue weighted by atomic mass is 35.5. The lowest BCUT2D eigenvalue weighted by molar-refractivity contribution is -0.385. The molecule has 1 N–H and O–H groups in total. The molecule has 2 rings (SSSR count). The van der Waals surface area contributed by atoms with E-state index in [4.69, 9.17) is 16.3 Å². The van der Waals surface area contributed by atoms with Crippen molar-refractivity contribution < 1.29 is 19.7 Å². The Bertz CT molecular complexity index is 837. The average molecular weight is 353 g/mol. The zero-order valence-electron chi connectivity index (χ0n) is 12.8. The molecule has 9 heteroatoms. The van der Waals surface area contributed by atoms with E-state index < -0.39 is 21.3 Å². The SMILES string of the molecule is COc1c(Cc2cc(Cl)cc([N+](=O)[O-])c2O)cc(C)cc1[N+](=O)[O-]. The number of ether oxygens (including phenoxy) is 1. The lowest BCUT2D eigenvalue weighted by atomic mass is 9.99. The number of nitro groups is 2. The van der Waals surface area contributed by atoms with Gasteiger partial charge in [-0.05, 0) is 18.6 Å². The van der Waals surface area contributed by atoms with Crippen LogP contribution in [0.5, 0.6) is 11.5 Å². The molecule has 0 unspecified atom stereocenters. The van der Waals surface area contributed by atoms with Crippen molar-refractivity contribution in [2.45, 2.75) is 13.3 Å². The van der Waals surface area contributed by atoms with E-state index in [1.54, 1.807) is 13.0 Å². The number of methoxy groups -OCH3 is 1. The molecular weight excluding hydrogens is 340 g/mol. The fourth-order valence-electron chi connectivity index (χ4n) is 2.45. The summed E-state index contributed by atoms with van der Waals surface area (Å²) in [5.41, 5.74) is 0.458. The van der Waals surface area contributed by atoms with Crippen LogP contribution in [0.1, 0.15) is 16.7 Å². The van der Waals surface area contributed by atoms with Gasteiger partial charge in [-0.3, -0.25) is 20.2 Å². The van der Waals surface area contributed by atoms with Crippen LogP contribution in [0.3, 0.4) is 0 Å². The maximum absolute atomic E-state index is 11.2. The van der Waals surface area contributed by atoms with Crippen LogP contribution in [-0.4, -0.2) is 22.1 Å². The molecule has 0 aliphatic rings.